The summed E-state index contributed by atoms with van der Waals surface area (Å²) in [4.78, 5) is 22.2. The number of nitrogens with one attached hydrogen (secondary N) is 2. The lowest BCUT2D eigenvalue weighted by molar-refractivity contribution is -0.384. The fraction of sp³-hybridized carbons (Fsp3) is 0.619. The molecule has 0 unspecified atom stereocenters. The van der Waals surface area contributed by atoms with Gasteiger partial charge in [-0.15, -0.1) is 0 Å². The van der Waals surface area contributed by atoms with Crippen molar-refractivity contribution < 1.29 is 9.72 Å². The average molecular weight is 408 g/mol. The van der Waals surface area contributed by atoms with E-state index in [1.807, 2.05) is 0 Å². The maximum Gasteiger partial charge on any atom is 0.271 e. The van der Waals surface area contributed by atoms with Crippen LogP contribution in [0.15, 0.2) is 24.3 Å². The molecular weight excluding hydrogens is 374 g/mol. The summed E-state index contributed by atoms with van der Waals surface area (Å²) in [5.41, 5.74) is 0.453. The summed E-state index contributed by atoms with van der Waals surface area (Å²) in [6.07, 6.45) is 14.1. The largest absolute Gasteiger partial charge is 0.332 e. The Morgan fingerprint density at radius 2 is 1.57 bits per heavy atom. The summed E-state index contributed by atoms with van der Waals surface area (Å²) >= 11 is 5.10. The third kappa shape index (κ3) is 11.6. The van der Waals surface area contributed by atoms with E-state index in [0.29, 0.717) is 12.1 Å². The van der Waals surface area contributed by atoms with Gasteiger partial charge >= 0.3 is 0 Å². The first-order valence-corrected chi connectivity index (χ1v) is 10.8. The summed E-state index contributed by atoms with van der Waals surface area (Å²) in [5, 5.41) is 16.4. The normalized spacial score (nSPS) is 10.5. The molecule has 1 aromatic rings. The van der Waals surface area contributed by atoms with Crippen LogP contribution in [0.1, 0.15) is 84.0 Å². The number of nitro benzene ring substituents is 1. The molecule has 2 N–H and O–H groups in total. The van der Waals surface area contributed by atoms with E-state index in [-0.39, 0.29) is 16.7 Å². The van der Waals surface area contributed by atoms with Crippen molar-refractivity contribution in [2.24, 2.45) is 0 Å². The zero-order valence-electron chi connectivity index (χ0n) is 16.9. The van der Waals surface area contributed by atoms with Gasteiger partial charge in [0, 0.05) is 24.2 Å². The highest BCUT2D eigenvalue weighted by molar-refractivity contribution is 7.80. The molecule has 0 heterocycles. The number of hydrogen-bond donors (Lipinski definition) is 2. The minimum absolute atomic E-state index is 0.0277. The number of hydrogen-bond acceptors (Lipinski definition) is 4. The molecule has 1 amide bonds. The van der Waals surface area contributed by atoms with Crippen molar-refractivity contribution in [3.63, 3.8) is 0 Å². The Hall–Kier alpha value is -2.02. The molecule has 0 bridgehead atoms. The first kappa shape index (κ1) is 24.0. The van der Waals surface area contributed by atoms with Crippen molar-refractivity contribution in [1.29, 1.82) is 0 Å². The molecule has 28 heavy (non-hydrogen) atoms. The molecule has 156 valence electrons. The van der Waals surface area contributed by atoms with Crippen LogP contribution in [0.2, 0.25) is 0 Å². The number of anilines is 1. The van der Waals surface area contributed by atoms with Crippen LogP contribution in [-0.4, -0.2) is 15.9 Å². The van der Waals surface area contributed by atoms with E-state index in [9.17, 15) is 14.9 Å². The molecule has 0 aliphatic heterocycles. The predicted octanol–water partition coefficient (Wildman–Crippen LogP) is 6.11. The lowest BCUT2D eigenvalue weighted by Crippen LogP contribution is -2.33. The maximum absolute atomic E-state index is 11.9. The molecule has 1 aromatic carbocycles. The Morgan fingerprint density at radius 3 is 2.14 bits per heavy atom. The molecule has 0 atom stereocenters. The van der Waals surface area contributed by atoms with Gasteiger partial charge in [-0.25, -0.2) is 0 Å². The fourth-order valence-corrected chi connectivity index (χ4v) is 3.23. The van der Waals surface area contributed by atoms with E-state index >= 15 is 0 Å². The van der Waals surface area contributed by atoms with Gasteiger partial charge in [-0.2, -0.15) is 0 Å². The topological polar surface area (TPSA) is 84.3 Å². The highest BCUT2D eigenvalue weighted by Crippen LogP contribution is 2.17. The van der Waals surface area contributed by atoms with Crippen LogP contribution in [0.4, 0.5) is 11.4 Å². The molecule has 7 heteroatoms. The van der Waals surface area contributed by atoms with Crippen LogP contribution >= 0.6 is 12.2 Å². The van der Waals surface area contributed by atoms with Crippen LogP contribution < -0.4 is 10.6 Å². The van der Waals surface area contributed by atoms with Gasteiger partial charge in [-0.05, 0) is 24.7 Å². The van der Waals surface area contributed by atoms with Gasteiger partial charge in [-0.1, -0.05) is 77.2 Å². The van der Waals surface area contributed by atoms with E-state index in [1.165, 1.54) is 69.9 Å². The lowest BCUT2D eigenvalue weighted by Gasteiger charge is -2.09. The summed E-state index contributed by atoms with van der Waals surface area (Å²) in [6.45, 7) is 2.24. The number of amides is 1. The van der Waals surface area contributed by atoms with Crippen molar-refractivity contribution in [2.75, 3.05) is 5.32 Å². The number of rotatable bonds is 14. The molecule has 0 radical (unpaired) electrons. The number of nitrogens with zero attached hydrogens (tertiary/aromatic N) is 1. The summed E-state index contributed by atoms with van der Waals surface area (Å²) in [7, 11) is 0. The molecule has 0 spiro atoms. The van der Waals surface area contributed by atoms with E-state index < -0.39 is 4.92 Å². The monoisotopic (exact) mass is 407 g/mol. The molecule has 0 aromatic heterocycles. The van der Waals surface area contributed by atoms with Gasteiger partial charge < -0.3 is 10.6 Å². The van der Waals surface area contributed by atoms with Crippen LogP contribution in [0.25, 0.3) is 0 Å². The molecule has 0 saturated carbocycles. The van der Waals surface area contributed by atoms with Gasteiger partial charge in [0.25, 0.3) is 5.69 Å². The highest BCUT2D eigenvalue weighted by Gasteiger charge is 2.08. The van der Waals surface area contributed by atoms with Gasteiger partial charge in [0.1, 0.15) is 0 Å². The third-order valence-electron chi connectivity index (χ3n) is 4.58. The molecular formula is C21H33N3O3S. The number of thiocarbonyl (C=S) groups is 1. The van der Waals surface area contributed by atoms with Gasteiger partial charge in [-0.3, -0.25) is 14.9 Å². The maximum atomic E-state index is 11.9. The number of carbonyl (C=O) groups excluding carboxylic acids is 1. The number of carbonyl (C=O) groups is 1. The summed E-state index contributed by atoms with van der Waals surface area (Å²) in [5.74, 6) is -0.126. The first-order chi connectivity index (χ1) is 13.5. The molecule has 6 nitrogen and oxygen atoms in total. The molecule has 0 fully saturated rings. The standard InChI is InChI=1S/C21H33N3O3S/c1-2-3-4-5-6-7-8-9-10-11-12-16-20(25)23-21(28)22-18-14-13-15-19(17-18)24(26)27/h13-15,17H,2-12,16H2,1H3,(H2,22,23,25,28). The Labute approximate surface area is 173 Å². The molecule has 0 aliphatic carbocycles. The number of benzene rings is 1. The Kier molecular flexibility index (Phi) is 12.8. The van der Waals surface area contributed by atoms with Crippen LogP contribution in [0, 0.1) is 10.1 Å². The molecule has 0 saturated heterocycles. The second kappa shape index (κ2) is 15.0. The number of nitro groups is 1. The van der Waals surface area contributed by atoms with Crippen molar-refractivity contribution in [2.45, 2.75) is 84.0 Å². The van der Waals surface area contributed by atoms with Gasteiger partial charge in [0.05, 0.1) is 4.92 Å². The lowest BCUT2D eigenvalue weighted by atomic mass is 10.1. The van der Waals surface area contributed by atoms with E-state index in [4.69, 9.17) is 12.2 Å². The van der Waals surface area contributed by atoms with E-state index in [1.54, 1.807) is 12.1 Å². The number of unbranched alkanes of at least 4 members (excludes halogenated alkanes) is 10. The minimum Gasteiger partial charge on any atom is -0.332 e. The van der Waals surface area contributed by atoms with Crippen LogP contribution in [0.5, 0.6) is 0 Å². The van der Waals surface area contributed by atoms with Crippen LogP contribution in [0.3, 0.4) is 0 Å². The van der Waals surface area contributed by atoms with Gasteiger partial charge in [0.15, 0.2) is 5.11 Å². The molecule has 0 aliphatic rings. The van der Waals surface area contributed by atoms with Gasteiger partial charge in [0.2, 0.25) is 5.91 Å². The second-order valence-electron chi connectivity index (χ2n) is 7.10. The quantitative estimate of drug-likeness (QED) is 0.168. The fourth-order valence-electron chi connectivity index (χ4n) is 3.00. The Balaban J connectivity index is 2.06. The second-order valence-corrected chi connectivity index (χ2v) is 7.50. The zero-order chi connectivity index (χ0) is 20.6. The SMILES string of the molecule is CCCCCCCCCCCCCC(=O)NC(=S)Nc1cccc([N+](=O)[O-])c1. The highest BCUT2D eigenvalue weighted by atomic mass is 32.1. The summed E-state index contributed by atoms with van der Waals surface area (Å²) in [6, 6.07) is 6.01. The Bertz CT molecular complexity index is 623. The van der Waals surface area contributed by atoms with Crippen molar-refractivity contribution in [3.8, 4) is 0 Å². The number of non-ortho nitro benzene ring substituents is 1. The van der Waals surface area contributed by atoms with Crippen molar-refractivity contribution in [3.05, 3.63) is 34.4 Å². The van der Waals surface area contributed by atoms with E-state index in [2.05, 4.69) is 17.6 Å². The average Bonchev–Trinajstić information content (AvgIpc) is 2.66. The van der Waals surface area contributed by atoms with Crippen molar-refractivity contribution in [1.82, 2.24) is 5.32 Å². The smallest absolute Gasteiger partial charge is 0.271 e. The zero-order valence-corrected chi connectivity index (χ0v) is 17.7. The Morgan fingerprint density at radius 1 is 1.00 bits per heavy atom. The third-order valence-corrected chi connectivity index (χ3v) is 4.78. The summed E-state index contributed by atoms with van der Waals surface area (Å²) < 4.78 is 0. The predicted molar refractivity (Wildman–Crippen MR) is 119 cm³/mol. The van der Waals surface area contributed by atoms with Crippen molar-refractivity contribution >= 4 is 34.6 Å². The molecule has 1 rings (SSSR count). The van der Waals surface area contributed by atoms with E-state index in [0.717, 1.165) is 12.8 Å². The first-order valence-electron chi connectivity index (χ1n) is 10.4. The minimum atomic E-state index is -0.473. The van der Waals surface area contributed by atoms with Crippen LogP contribution in [-0.2, 0) is 4.79 Å².